The van der Waals surface area contributed by atoms with Crippen LogP contribution in [0.5, 0.6) is 0 Å². The molecule has 2 N–H and O–H groups in total. The van der Waals surface area contributed by atoms with Crippen molar-refractivity contribution >= 4 is 11.3 Å². The molecule has 16 heavy (non-hydrogen) atoms. The van der Waals surface area contributed by atoms with E-state index in [0.29, 0.717) is 0 Å². The molecule has 0 aliphatic carbocycles. The minimum absolute atomic E-state index is 0.0377. The normalized spacial score (nSPS) is 12.6. The topological polar surface area (TPSA) is 38.9 Å². The van der Waals surface area contributed by atoms with Gasteiger partial charge >= 0.3 is 0 Å². The Morgan fingerprint density at radius 2 is 2.31 bits per heavy atom. The molecule has 1 aromatic heterocycles. The number of aromatic nitrogens is 1. The van der Waals surface area contributed by atoms with Gasteiger partial charge in [-0.05, 0) is 17.5 Å². The molecule has 0 spiro atoms. The third-order valence-corrected chi connectivity index (χ3v) is 3.47. The van der Waals surface area contributed by atoms with Crippen molar-refractivity contribution in [1.29, 1.82) is 0 Å². The highest BCUT2D eigenvalue weighted by Gasteiger charge is 2.10. The van der Waals surface area contributed by atoms with Gasteiger partial charge in [0, 0.05) is 11.1 Å². The Labute approximate surface area is 100 Å². The first-order valence-electron chi connectivity index (χ1n) is 5.54. The van der Waals surface area contributed by atoms with E-state index in [0.717, 1.165) is 11.3 Å². The lowest BCUT2D eigenvalue weighted by Gasteiger charge is -2.10. The highest BCUT2D eigenvalue weighted by atomic mass is 32.1. The summed E-state index contributed by atoms with van der Waals surface area (Å²) in [5, 5.41) is 0. The molecular weight excluding hydrogens is 216 g/mol. The fourth-order valence-corrected chi connectivity index (χ4v) is 2.42. The van der Waals surface area contributed by atoms with Gasteiger partial charge in [0.15, 0.2) is 0 Å². The van der Waals surface area contributed by atoms with Gasteiger partial charge < -0.3 is 5.73 Å². The van der Waals surface area contributed by atoms with Gasteiger partial charge in [-0.3, -0.25) is 4.98 Å². The molecule has 0 aliphatic heterocycles. The summed E-state index contributed by atoms with van der Waals surface area (Å²) in [6.07, 6.45) is 4.13. The van der Waals surface area contributed by atoms with Crippen LogP contribution in [0.4, 0.5) is 0 Å². The fraction of sp³-hybridized carbons (Fsp3) is 0.308. The molecule has 0 amide bonds. The van der Waals surface area contributed by atoms with Gasteiger partial charge in [-0.15, -0.1) is 11.3 Å². The minimum atomic E-state index is -0.0377. The maximum atomic E-state index is 6.20. The number of rotatable bonds is 4. The Morgan fingerprint density at radius 3 is 3.00 bits per heavy atom. The minimum Gasteiger partial charge on any atom is -0.320 e. The van der Waals surface area contributed by atoms with Crippen molar-refractivity contribution in [2.24, 2.45) is 5.73 Å². The molecule has 0 aliphatic rings. The van der Waals surface area contributed by atoms with Gasteiger partial charge in [0.1, 0.15) is 0 Å². The van der Waals surface area contributed by atoms with Gasteiger partial charge in [0.2, 0.25) is 0 Å². The van der Waals surface area contributed by atoms with E-state index in [1.807, 2.05) is 11.7 Å². The molecule has 1 aromatic carbocycles. The van der Waals surface area contributed by atoms with Crippen molar-refractivity contribution in [1.82, 2.24) is 4.98 Å². The highest BCUT2D eigenvalue weighted by Crippen LogP contribution is 2.23. The first-order valence-corrected chi connectivity index (χ1v) is 6.42. The zero-order valence-corrected chi connectivity index (χ0v) is 10.2. The summed E-state index contributed by atoms with van der Waals surface area (Å²) in [5.41, 5.74) is 10.6. The number of hydrogen-bond acceptors (Lipinski definition) is 3. The van der Waals surface area contributed by atoms with Gasteiger partial charge in [0.25, 0.3) is 0 Å². The zero-order valence-electron chi connectivity index (χ0n) is 9.39. The molecule has 0 fully saturated rings. The van der Waals surface area contributed by atoms with Crippen molar-refractivity contribution < 1.29 is 0 Å². The number of nitrogens with zero attached hydrogens (tertiary/aromatic N) is 1. The lowest BCUT2D eigenvalue weighted by atomic mass is 10.0. The SMILES string of the molecule is CCCc1cccc(C(N)c2cncs2)c1. The molecule has 0 bridgehead atoms. The van der Waals surface area contributed by atoms with Crippen LogP contribution in [0, 0.1) is 0 Å². The van der Waals surface area contributed by atoms with Crippen LogP contribution in [0.25, 0.3) is 0 Å². The summed E-state index contributed by atoms with van der Waals surface area (Å²) in [6, 6.07) is 8.50. The predicted octanol–water partition coefficient (Wildman–Crippen LogP) is 3.14. The number of thiazole rings is 1. The van der Waals surface area contributed by atoms with Crippen molar-refractivity contribution in [2.45, 2.75) is 25.8 Å². The van der Waals surface area contributed by atoms with E-state index in [9.17, 15) is 0 Å². The summed E-state index contributed by atoms with van der Waals surface area (Å²) in [4.78, 5) is 5.19. The summed E-state index contributed by atoms with van der Waals surface area (Å²) < 4.78 is 0. The maximum Gasteiger partial charge on any atom is 0.0794 e. The molecule has 1 heterocycles. The van der Waals surface area contributed by atoms with E-state index in [1.54, 1.807) is 11.3 Å². The van der Waals surface area contributed by atoms with Crippen molar-refractivity contribution in [3.05, 3.63) is 52.0 Å². The number of aryl methyl sites for hydroxylation is 1. The Bertz CT molecular complexity index is 437. The summed E-state index contributed by atoms with van der Waals surface area (Å²) >= 11 is 1.61. The molecule has 0 radical (unpaired) electrons. The fourth-order valence-electron chi connectivity index (χ4n) is 1.77. The standard InChI is InChI=1S/C13H16N2S/c1-2-4-10-5-3-6-11(7-10)13(14)12-8-15-9-16-12/h3,5-9,13H,2,4,14H2,1H3. The van der Waals surface area contributed by atoms with Crippen LogP contribution in [0.2, 0.25) is 0 Å². The van der Waals surface area contributed by atoms with Crippen LogP contribution in [-0.2, 0) is 6.42 Å². The average Bonchev–Trinajstić information content (AvgIpc) is 2.82. The van der Waals surface area contributed by atoms with E-state index in [4.69, 9.17) is 5.73 Å². The van der Waals surface area contributed by atoms with Crippen molar-refractivity contribution in [2.75, 3.05) is 0 Å². The van der Waals surface area contributed by atoms with E-state index < -0.39 is 0 Å². The second-order valence-corrected chi connectivity index (χ2v) is 4.79. The van der Waals surface area contributed by atoms with Crippen molar-refractivity contribution in [3.8, 4) is 0 Å². The first kappa shape index (κ1) is 11.3. The van der Waals surface area contributed by atoms with Gasteiger partial charge in [0.05, 0.1) is 11.6 Å². The quantitative estimate of drug-likeness (QED) is 0.879. The Kier molecular flexibility index (Phi) is 3.70. The molecule has 84 valence electrons. The Balaban J connectivity index is 2.23. The molecule has 1 atom stereocenters. The largest absolute Gasteiger partial charge is 0.320 e. The second kappa shape index (κ2) is 5.23. The molecule has 0 saturated carbocycles. The van der Waals surface area contributed by atoms with Crippen molar-refractivity contribution in [3.63, 3.8) is 0 Å². The third-order valence-electron chi connectivity index (χ3n) is 2.61. The number of benzene rings is 1. The lowest BCUT2D eigenvalue weighted by Crippen LogP contribution is -2.10. The Morgan fingerprint density at radius 1 is 1.44 bits per heavy atom. The average molecular weight is 232 g/mol. The van der Waals surface area contributed by atoms with Crippen LogP contribution < -0.4 is 5.73 Å². The van der Waals surface area contributed by atoms with Crippen LogP contribution >= 0.6 is 11.3 Å². The monoisotopic (exact) mass is 232 g/mol. The summed E-state index contributed by atoms with van der Waals surface area (Å²) in [7, 11) is 0. The van der Waals surface area contributed by atoms with Gasteiger partial charge in [-0.1, -0.05) is 37.6 Å². The van der Waals surface area contributed by atoms with Crippen LogP contribution in [0.15, 0.2) is 36.0 Å². The molecule has 1 unspecified atom stereocenters. The Hall–Kier alpha value is -1.19. The molecule has 2 aromatic rings. The van der Waals surface area contributed by atoms with Crippen LogP contribution in [0.1, 0.15) is 35.4 Å². The number of hydrogen-bond donors (Lipinski definition) is 1. The van der Waals surface area contributed by atoms with Crippen LogP contribution in [0.3, 0.4) is 0 Å². The number of nitrogens with two attached hydrogens (primary N) is 1. The second-order valence-electron chi connectivity index (χ2n) is 3.88. The molecular formula is C13H16N2S. The van der Waals surface area contributed by atoms with E-state index in [2.05, 4.69) is 36.2 Å². The summed E-state index contributed by atoms with van der Waals surface area (Å²) in [5.74, 6) is 0. The van der Waals surface area contributed by atoms with Gasteiger partial charge in [-0.2, -0.15) is 0 Å². The van der Waals surface area contributed by atoms with E-state index in [1.165, 1.54) is 17.5 Å². The molecule has 3 heteroatoms. The van der Waals surface area contributed by atoms with E-state index in [-0.39, 0.29) is 6.04 Å². The highest BCUT2D eigenvalue weighted by molar-refractivity contribution is 7.09. The van der Waals surface area contributed by atoms with E-state index >= 15 is 0 Å². The maximum absolute atomic E-state index is 6.20. The van der Waals surface area contributed by atoms with Crippen LogP contribution in [-0.4, -0.2) is 4.98 Å². The smallest absolute Gasteiger partial charge is 0.0794 e. The molecule has 2 rings (SSSR count). The van der Waals surface area contributed by atoms with Gasteiger partial charge in [-0.25, -0.2) is 0 Å². The summed E-state index contributed by atoms with van der Waals surface area (Å²) in [6.45, 7) is 2.19. The molecule has 0 saturated heterocycles. The lowest BCUT2D eigenvalue weighted by molar-refractivity contribution is 0.872. The third kappa shape index (κ3) is 2.49. The predicted molar refractivity (Wildman–Crippen MR) is 68.6 cm³/mol. The zero-order chi connectivity index (χ0) is 11.4. The first-order chi connectivity index (χ1) is 7.81. The molecule has 2 nitrogen and oxygen atoms in total.